The number of aromatic nitrogens is 2. The van der Waals surface area contributed by atoms with Crippen LogP contribution in [0, 0.1) is 12.8 Å². The molecule has 0 bridgehead atoms. The van der Waals surface area contributed by atoms with Crippen molar-refractivity contribution in [1.29, 1.82) is 0 Å². The van der Waals surface area contributed by atoms with E-state index in [2.05, 4.69) is 26.7 Å². The molecule has 1 saturated carbocycles. The van der Waals surface area contributed by atoms with Gasteiger partial charge in [0.15, 0.2) is 11.5 Å². The Morgan fingerprint density at radius 2 is 1.90 bits per heavy atom. The van der Waals surface area contributed by atoms with E-state index in [1.807, 2.05) is 31.2 Å². The smallest absolute Gasteiger partial charge is 0.226 e. The van der Waals surface area contributed by atoms with Gasteiger partial charge in [0.05, 0.1) is 7.11 Å². The highest BCUT2D eigenvalue weighted by Crippen LogP contribution is 2.33. The highest BCUT2D eigenvalue weighted by atomic mass is 16.5. The third-order valence-corrected chi connectivity index (χ3v) is 6.10. The zero-order chi connectivity index (χ0) is 21.1. The van der Waals surface area contributed by atoms with Crippen LogP contribution in [0.4, 0.5) is 5.82 Å². The van der Waals surface area contributed by atoms with Crippen LogP contribution in [-0.2, 0) is 4.79 Å². The molecule has 0 radical (unpaired) electrons. The zero-order valence-electron chi connectivity index (χ0n) is 18.0. The fraction of sp³-hybridized carbons (Fsp3) is 0.522. The fourth-order valence-electron chi connectivity index (χ4n) is 4.43. The molecule has 1 aliphatic carbocycles. The standard InChI is InChI=1S/C23H30N4O3/c1-16-8-9-19(20(12-16)29-3)30-22-13-21(24-15-25-22)26-10-11-27(17(2)14-26)23(28)18-6-4-5-7-18/h8-9,12-13,15,17-18H,4-7,10-11,14H2,1-3H3/t17-/m1/s1. The highest BCUT2D eigenvalue weighted by Gasteiger charge is 2.33. The van der Waals surface area contributed by atoms with Crippen LogP contribution >= 0.6 is 0 Å². The van der Waals surface area contributed by atoms with E-state index in [4.69, 9.17) is 9.47 Å². The number of hydrogen-bond acceptors (Lipinski definition) is 6. The predicted octanol–water partition coefficient (Wildman–Crippen LogP) is 3.81. The molecule has 1 aliphatic heterocycles. The summed E-state index contributed by atoms with van der Waals surface area (Å²) in [6.45, 7) is 6.36. The second kappa shape index (κ2) is 8.90. The number of ether oxygens (including phenoxy) is 2. The fourth-order valence-corrected chi connectivity index (χ4v) is 4.43. The van der Waals surface area contributed by atoms with Gasteiger partial charge in [-0.3, -0.25) is 4.79 Å². The Labute approximate surface area is 178 Å². The third kappa shape index (κ3) is 4.35. The summed E-state index contributed by atoms with van der Waals surface area (Å²) in [6.07, 6.45) is 5.97. The first-order valence-corrected chi connectivity index (χ1v) is 10.7. The van der Waals surface area contributed by atoms with Crippen molar-refractivity contribution >= 4 is 11.7 Å². The van der Waals surface area contributed by atoms with Crippen molar-refractivity contribution < 1.29 is 14.3 Å². The van der Waals surface area contributed by atoms with E-state index in [9.17, 15) is 4.79 Å². The predicted molar refractivity (Wildman–Crippen MR) is 115 cm³/mol. The number of benzene rings is 1. The maximum atomic E-state index is 12.8. The van der Waals surface area contributed by atoms with Gasteiger partial charge in [0, 0.05) is 37.7 Å². The molecule has 2 heterocycles. The van der Waals surface area contributed by atoms with Gasteiger partial charge >= 0.3 is 0 Å². The molecule has 0 spiro atoms. The van der Waals surface area contributed by atoms with Crippen LogP contribution < -0.4 is 14.4 Å². The topological polar surface area (TPSA) is 67.8 Å². The maximum absolute atomic E-state index is 12.8. The number of amides is 1. The normalized spacial score (nSPS) is 19.8. The Hall–Kier alpha value is -2.83. The van der Waals surface area contributed by atoms with Gasteiger partial charge in [-0.2, -0.15) is 0 Å². The monoisotopic (exact) mass is 410 g/mol. The van der Waals surface area contributed by atoms with Crippen molar-refractivity contribution in [3.05, 3.63) is 36.2 Å². The van der Waals surface area contributed by atoms with E-state index in [-0.39, 0.29) is 12.0 Å². The van der Waals surface area contributed by atoms with Crippen molar-refractivity contribution in [2.45, 2.75) is 45.6 Å². The second-order valence-corrected chi connectivity index (χ2v) is 8.28. The number of piperazine rings is 1. The van der Waals surface area contributed by atoms with Gasteiger partial charge < -0.3 is 19.3 Å². The van der Waals surface area contributed by atoms with Gasteiger partial charge in [-0.05, 0) is 44.4 Å². The lowest BCUT2D eigenvalue weighted by molar-refractivity contribution is -0.137. The molecule has 2 aromatic rings. The average molecular weight is 411 g/mol. The Morgan fingerprint density at radius 1 is 1.10 bits per heavy atom. The first-order chi connectivity index (χ1) is 14.5. The number of carbonyl (C=O) groups excluding carboxylic acids is 1. The Morgan fingerprint density at radius 3 is 2.63 bits per heavy atom. The molecule has 1 aromatic carbocycles. The quantitative estimate of drug-likeness (QED) is 0.747. The third-order valence-electron chi connectivity index (χ3n) is 6.10. The van der Waals surface area contributed by atoms with E-state index in [1.54, 1.807) is 7.11 Å². The summed E-state index contributed by atoms with van der Waals surface area (Å²) < 4.78 is 11.4. The zero-order valence-corrected chi connectivity index (χ0v) is 18.0. The molecule has 0 N–H and O–H groups in total. The van der Waals surface area contributed by atoms with Crippen molar-refractivity contribution in [1.82, 2.24) is 14.9 Å². The highest BCUT2D eigenvalue weighted by molar-refractivity contribution is 5.79. The molecule has 7 nitrogen and oxygen atoms in total. The minimum Gasteiger partial charge on any atom is -0.493 e. The maximum Gasteiger partial charge on any atom is 0.226 e. The van der Waals surface area contributed by atoms with E-state index in [1.165, 1.54) is 19.2 Å². The average Bonchev–Trinajstić information content (AvgIpc) is 3.29. The van der Waals surface area contributed by atoms with Gasteiger partial charge in [0.1, 0.15) is 12.1 Å². The molecule has 4 rings (SSSR count). The van der Waals surface area contributed by atoms with Crippen molar-refractivity contribution in [2.75, 3.05) is 31.6 Å². The number of anilines is 1. The summed E-state index contributed by atoms with van der Waals surface area (Å²) >= 11 is 0. The SMILES string of the molecule is COc1cc(C)ccc1Oc1cc(N2CCN(C(=O)C3CCCC3)[C@H](C)C2)ncn1. The molecule has 30 heavy (non-hydrogen) atoms. The van der Waals surface area contributed by atoms with Crippen molar-refractivity contribution in [2.24, 2.45) is 5.92 Å². The molecule has 2 fully saturated rings. The Kier molecular flexibility index (Phi) is 6.06. The van der Waals surface area contributed by atoms with E-state index >= 15 is 0 Å². The van der Waals surface area contributed by atoms with E-state index in [0.29, 0.717) is 23.3 Å². The lowest BCUT2D eigenvalue weighted by Crippen LogP contribution is -2.55. The number of methoxy groups -OCH3 is 1. The second-order valence-electron chi connectivity index (χ2n) is 8.28. The van der Waals surface area contributed by atoms with Gasteiger partial charge in [-0.15, -0.1) is 0 Å². The number of nitrogens with zero attached hydrogens (tertiary/aromatic N) is 4. The largest absolute Gasteiger partial charge is 0.493 e. The minimum absolute atomic E-state index is 0.156. The van der Waals surface area contributed by atoms with Gasteiger partial charge in [-0.1, -0.05) is 18.9 Å². The molecule has 1 amide bonds. The van der Waals surface area contributed by atoms with Crippen LogP contribution in [0.3, 0.4) is 0 Å². The molecule has 0 unspecified atom stereocenters. The lowest BCUT2D eigenvalue weighted by Gasteiger charge is -2.41. The summed E-state index contributed by atoms with van der Waals surface area (Å²) in [7, 11) is 1.63. The summed E-state index contributed by atoms with van der Waals surface area (Å²) in [5.74, 6) is 3.13. The first kappa shape index (κ1) is 20.4. The molecule has 7 heteroatoms. The van der Waals surface area contributed by atoms with Crippen LogP contribution in [0.2, 0.25) is 0 Å². The number of carbonyl (C=O) groups is 1. The summed E-state index contributed by atoms with van der Waals surface area (Å²) in [4.78, 5) is 25.8. The Bertz CT molecular complexity index is 898. The number of rotatable bonds is 5. The van der Waals surface area contributed by atoms with E-state index < -0.39 is 0 Å². The van der Waals surface area contributed by atoms with Crippen LogP contribution in [0.1, 0.15) is 38.2 Å². The Balaban J connectivity index is 1.44. The molecule has 1 aromatic heterocycles. The van der Waals surface area contributed by atoms with Crippen LogP contribution in [0.15, 0.2) is 30.6 Å². The number of hydrogen-bond donors (Lipinski definition) is 0. The molecule has 1 atom stereocenters. The molecule has 160 valence electrons. The summed E-state index contributed by atoms with van der Waals surface area (Å²) in [6, 6.07) is 7.79. The minimum atomic E-state index is 0.156. The van der Waals surface area contributed by atoms with Crippen LogP contribution in [0.5, 0.6) is 17.4 Å². The molecule has 1 saturated heterocycles. The lowest BCUT2D eigenvalue weighted by atomic mass is 10.0. The molecular weight excluding hydrogens is 380 g/mol. The van der Waals surface area contributed by atoms with Gasteiger partial charge in [-0.25, -0.2) is 9.97 Å². The van der Waals surface area contributed by atoms with Crippen molar-refractivity contribution in [3.63, 3.8) is 0 Å². The van der Waals surface area contributed by atoms with E-state index in [0.717, 1.165) is 43.9 Å². The summed E-state index contributed by atoms with van der Waals surface area (Å²) in [5, 5.41) is 0. The summed E-state index contributed by atoms with van der Waals surface area (Å²) in [5.41, 5.74) is 1.10. The molecular formula is C23H30N4O3. The first-order valence-electron chi connectivity index (χ1n) is 10.7. The van der Waals surface area contributed by atoms with Gasteiger partial charge in [0.25, 0.3) is 0 Å². The molecule has 2 aliphatic rings. The van der Waals surface area contributed by atoms with Crippen LogP contribution in [0.25, 0.3) is 0 Å². The van der Waals surface area contributed by atoms with Crippen molar-refractivity contribution in [3.8, 4) is 17.4 Å². The number of aryl methyl sites for hydroxylation is 1. The van der Waals surface area contributed by atoms with Gasteiger partial charge in [0.2, 0.25) is 11.8 Å². The van der Waals surface area contributed by atoms with Crippen LogP contribution in [-0.4, -0.2) is 53.6 Å².